The van der Waals surface area contributed by atoms with Crippen molar-refractivity contribution in [3.05, 3.63) is 53.5 Å². The first kappa shape index (κ1) is 19.8. The molecule has 1 aromatic carbocycles. The lowest BCUT2D eigenvalue weighted by molar-refractivity contribution is 0.0938. The first-order valence-corrected chi connectivity index (χ1v) is 10.1. The Morgan fingerprint density at radius 1 is 1.30 bits per heavy atom. The van der Waals surface area contributed by atoms with E-state index in [0.717, 1.165) is 24.0 Å². The number of benzene rings is 1. The van der Waals surface area contributed by atoms with Crippen LogP contribution in [0.25, 0.3) is 5.69 Å². The molecule has 1 aliphatic heterocycles. The van der Waals surface area contributed by atoms with Crippen molar-refractivity contribution in [3.8, 4) is 11.6 Å². The Kier molecular flexibility index (Phi) is 5.87. The summed E-state index contributed by atoms with van der Waals surface area (Å²) < 4.78 is 5.58. The Morgan fingerprint density at radius 2 is 2.13 bits per heavy atom. The molecule has 4 rings (SSSR count). The fourth-order valence-corrected chi connectivity index (χ4v) is 3.32. The van der Waals surface area contributed by atoms with Crippen molar-refractivity contribution in [1.82, 2.24) is 30.3 Å². The highest BCUT2D eigenvalue weighted by Gasteiger charge is 2.17. The lowest BCUT2D eigenvalue weighted by Crippen LogP contribution is -2.34. The van der Waals surface area contributed by atoms with E-state index in [0.29, 0.717) is 42.7 Å². The van der Waals surface area contributed by atoms with Gasteiger partial charge in [0.2, 0.25) is 11.8 Å². The number of hydrogen-bond acceptors (Lipinski definition) is 7. The topological polar surface area (TPSA) is 107 Å². The van der Waals surface area contributed by atoms with Gasteiger partial charge in [0.05, 0.1) is 30.3 Å². The van der Waals surface area contributed by atoms with E-state index in [1.165, 1.54) is 4.80 Å². The zero-order valence-corrected chi connectivity index (χ0v) is 17.1. The lowest BCUT2D eigenvalue weighted by atomic mass is 10.1. The van der Waals surface area contributed by atoms with Crippen molar-refractivity contribution >= 4 is 11.9 Å². The van der Waals surface area contributed by atoms with Crippen LogP contribution in [0.15, 0.2) is 36.8 Å². The number of anilines is 1. The third kappa shape index (κ3) is 4.56. The maximum Gasteiger partial charge on any atom is 0.253 e. The summed E-state index contributed by atoms with van der Waals surface area (Å²) in [4.78, 5) is 23.1. The normalized spacial score (nSPS) is 13.8. The third-order valence-corrected chi connectivity index (χ3v) is 4.92. The molecule has 0 fully saturated rings. The standard InChI is InChI=1S/C21H25N7O2/c1-14-5-6-18(28-24-9-10-25-28)17(12-14)19(29)26-15(2)7-8-22-21-23-13-16-4-3-11-30-20(16)27-21/h5-6,9-10,12-13,15H,3-4,7-8,11H2,1-2H3,(H,26,29)(H,22,23,27)/t15-/m1/s1. The van der Waals surface area contributed by atoms with Crippen LogP contribution in [0.4, 0.5) is 5.95 Å². The maximum atomic E-state index is 12.9. The van der Waals surface area contributed by atoms with Crippen LogP contribution < -0.4 is 15.4 Å². The van der Waals surface area contributed by atoms with Gasteiger partial charge in [0.25, 0.3) is 5.91 Å². The van der Waals surface area contributed by atoms with Crippen molar-refractivity contribution in [2.24, 2.45) is 0 Å². The van der Waals surface area contributed by atoms with Gasteiger partial charge in [-0.2, -0.15) is 20.0 Å². The molecular weight excluding hydrogens is 382 g/mol. The number of nitrogens with zero attached hydrogens (tertiary/aromatic N) is 5. The number of ether oxygens (including phenoxy) is 1. The molecule has 3 aromatic rings. The van der Waals surface area contributed by atoms with Gasteiger partial charge in [-0.15, -0.1) is 0 Å². The molecule has 0 saturated carbocycles. The largest absolute Gasteiger partial charge is 0.477 e. The molecule has 1 amide bonds. The van der Waals surface area contributed by atoms with Crippen LogP contribution in [0, 0.1) is 6.92 Å². The SMILES string of the molecule is Cc1ccc(-n2nccn2)c(C(=O)N[C@H](C)CCNc2ncc3c(n2)OCCC3)c1. The molecule has 0 spiro atoms. The zero-order chi connectivity index (χ0) is 20.9. The zero-order valence-electron chi connectivity index (χ0n) is 17.1. The first-order valence-electron chi connectivity index (χ1n) is 10.1. The van der Waals surface area contributed by atoms with Gasteiger partial charge in [0.15, 0.2) is 0 Å². The van der Waals surface area contributed by atoms with Gasteiger partial charge in [-0.3, -0.25) is 4.79 Å². The molecule has 1 aliphatic rings. The Hall–Kier alpha value is -3.49. The van der Waals surface area contributed by atoms with Crippen molar-refractivity contribution in [3.63, 3.8) is 0 Å². The van der Waals surface area contributed by atoms with Gasteiger partial charge in [-0.05, 0) is 45.2 Å². The smallest absolute Gasteiger partial charge is 0.253 e. The Labute approximate surface area is 174 Å². The predicted octanol–water partition coefficient (Wildman–Crippen LogP) is 2.31. The minimum atomic E-state index is -0.156. The molecule has 156 valence electrons. The van der Waals surface area contributed by atoms with Crippen molar-refractivity contribution < 1.29 is 9.53 Å². The number of rotatable bonds is 7. The minimum absolute atomic E-state index is 0.0437. The Bertz CT molecular complexity index is 1020. The maximum absolute atomic E-state index is 12.9. The van der Waals surface area contributed by atoms with Crippen molar-refractivity contribution in [1.29, 1.82) is 0 Å². The molecule has 2 N–H and O–H groups in total. The highest BCUT2D eigenvalue weighted by Crippen LogP contribution is 2.22. The summed E-state index contributed by atoms with van der Waals surface area (Å²) in [5.74, 6) is 1.05. The number of nitrogens with one attached hydrogen (secondary N) is 2. The van der Waals surface area contributed by atoms with Crippen LogP contribution in [-0.4, -0.2) is 50.1 Å². The average Bonchev–Trinajstić information content (AvgIpc) is 3.28. The number of amides is 1. The highest BCUT2D eigenvalue weighted by atomic mass is 16.5. The van der Waals surface area contributed by atoms with Crippen molar-refractivity contribution in [2.45, 2.75) is 39.2 Å². The summed E-state index contributed by atoms with van der Waals surface area (Å²) >= 11 is 0. The summed E-state index contributed by atoms with van der Waals surface area (Å²) in [5, 5.41) is 14.5. The average molecular weight is 407 g/mol. The van der Waals surface area contributed by atoms with Crippen LogP contribution in [0.2, 0.25) is 0 Å². The number of aryl methyl sites for hydroxylation is 2. The molecule has 9 nitrogen and oxygen atoms in total. The molecule has 30 heavy (non-hydrogen) atoms. The molecule has 0 bridgehead atoms. The predicted molar refractivity (Wildman–Crippen MR) is 112 cm³/mol. The number of carbonyl (C=O) groups is 1. The third-order valence-electron chi connectivity index (χ3n) is 4.92. The van der Waals surface area contributed by atoms with Crippen LogP contribution in [-0.2, 0) is 6.42 Å². The van der Waals surface area contributed by atoms with Crippen molar-refractivity contribution in [2.75, 3.05) is 18.5 Å². The second-order valence-corrected chi connectivity index (χ2v) is 7.41. The summed E-state index contributed by atoms with van der Waals surface area (Å²) in [6.07, 6.45) is 7.66. The lowest BCUT2D eigenvalue weighted by Gasteiger charge is -2.18. The second-order valence-electron chi connectivity index (χ2n) is 7.41. The van der Waals surface area contributed by atoms with E-state index in [1.54, 1.807) is 12.4 Å². The van der Waals surface area contributed by atoms with E-state index in [2.05, 4.69) is 30.8 Å². The molecule has 0 saturated heterocycles. The second kappa shape index (κ2) is 8.89. The van der Waals surface area contributed by atoms with Gasteiger partial charge in [0.1, 0.15) is 0 Å². The van der Waals surface area contributed by atoms with Gasteiger partial charge in [0, 0.05) is 24.3 Å². The fraction of sp³-hybridized carbons (Fsp3) is 0.381. The number of hydrogen-bond donors (Lipinski definition) is 2. The summed E-state index contributed by atoms with van der Waals surface area (Å²) in [7, 11) is 0. The highest BCUT2D eigenvalue weighted by molar-refractivity contribution is 5.98. The van der Waals surface area contributed by atoms with E-state index in [1.807, 2.05) is 38.2 Å². The molecular formula is C21H25N7O2. The van der Waals surface area contributed by atoms with Gasteiger partial charge < -0.3 is 15.4 Å². The van der Waals surface area contributed by atoms with E-state index in [4.69, 9.17) is 4.74 Å². The number of fused-ring (bicyclic) bond motifs is 1. The Morgan fingerprint density at radius 3 is 2.97 bits per heavy atom. The molecule has 2 aromatic heterocycles. The van der Waals surface area contributed by atoms with E-state index < -0.39 is 0 Å². The summed E-state index contributed by atoms with van der Waals surface area (Å²) in [6, 6.07) is 5.59. The minimum Gasteiger partial charge on any atom is -0.477 e. The summed E-state index contributed by atoms with van der Waals surface area (Å²) in [6.45, 7) is 5.24. The van der Waals surface area contributed by atoms with E-state index >= 15 is 0 Å². The molecule has 1 atom stereocenters. The molecule has 0 aliphatic carbocycles. The Balaban J connectivity index is 1.34. The fourth-order valence-electron chi connectivity index (χ4n) is 3.32. The quantitative estimate of drug-likeness (QED) is 0.619. The molecule has 0 unspecified atom stereocenters. The van der Waals surface area contributed by atoms with E-state index in [9.17, 15) is 4.79 Å². The van der Waals surface area contributed by atoms with Gasteiger partial charge in [-0.1, -0.05) is 11.6 Å². The van der Waals surface area contributed by atoms with Crippen LogP contribution in [0.5, 0.6) is 5.88 Å². The van der Waals surface area contributed by atoms with Crippen LogP contribution >= 0.6 is 0 Å². The van der Waals surface area contributed by atoms with Crippen LogP contribution in [0.1, 0.15) is 41.3 Å². The first-order chi connectivity index (χ1) is 14.6. The van der Waals surface area contributed by atoms with Gasteiger partial charge >= 0.3 is 0 Å². The number of aromatic nitrogens is 5. The van der Waals surface area contributed by atoms with E-state index in [-0.39, 0.29) is 11.9 Å². The molecule has 0 radical (unpaired) electrons. The van der Waals surface area contributed by atoms with Gasteiger partial charge in [-0.25, -0.2) is 4.98 Å². The summed E-state index contributed by atoms with van der Waals surface area (Å²) in [5.41, 5.74) is 3.24. The molecule has 3 heterocycles. The number of carbonyl (C=O) groups excluding carboxylic acids is 1. The molecule has 9 heteroatoms. The van der Waals surface area contributed by atoms with Crippen LogP contribution in [0.3, 0.4) is 0 Å². The monoisotopic (exact) mass is 407 g/mol.